The maximum absolute atomic E-state index is 12.9. The Kier molecular flexibility index (Phi) is 64.0. The van der Waals surface area contributed by atoms with E-state index in [1.165, 1.54) is 19.3 Å². The summed E-state index contributed by atoms with van der Waals surface area (Å²) in [6.07, 6.45) is 104. The van der Waals surface area contributed by atoms with Crippen molar-refractivity contribution in [2.75, 3.05) is 13.2 Å². The number of rotatable bonds is 57. The maximum atomic E-state index is 12.9. The molecular formula is C77H118O6. The van der Waals surface area contributed by atoms with Crippen molar-refractivity contribution in [3.05, 3.63) is 194 Å². The van der Waals surface area contributed by atoms with E-state index in [2.05, 4.69) is 215 Å². The molecule has 0 aromatic rings. The minimum absolute atomic E-state index is 0.114. The van der Waals surface area contributed by atoms with Crippen LogP contribution in [0.4, 0.5) is 0 Å². The van der Waals surface area contributed by atoms with E-state index in [9.17, 15) is 14.4 Å². The first-order valence-electron chi connectivity index (χ1n) is 32.9. The van der Waals surface area contributed by atoms with Crippen molar-refractivity contribution in [2.24, 2.45) is 0 Å². The molecule has 0 aromatic heterocycles. The molecule has 0 aliphatic heterocycles. The molecule has 0 rings (SSSR count). The van der Waals surface area contributed by atoms with Gasteiger partial charge < -0.3 is 14.2 Å². The predicted octanol–water partition coefficient (Wildman–Crippen LogP) is 23.0. The fourth-order valence-corrected chi connectivity index (χ4v) is 8.26. The van der Waals surface area contributed by atoms with Gasteiger partial charge in [0, 0.05) is 19.3 Å². The molecule has 462 valence electrons. The predicted molar refractivity (Wildman–Crippen MR) is 361 cm³/mol. The molecule has 6 nitrogen and oxygen atoms in total. The average molecular weight is 1140 g/mol. The Morgan fingerprint density at radius 1 is 0.241 bits per heavy atom. The zero-order valence-electron chi connectivity index (χ0n) is 52.9. The van der Waals surface area contributed by atoms with Crippen molar-refractivity contribution < 1.29 is 28.6 Å². The minimum Gasteiger partial charge on any atom is -0.462 e. The summed E-state index contributed by atoms with van der Waals surface area (Å²) in [5.41, 5.74) is 0. The monoisotopic (exact) mass is 1140 g/mol. The van der Waals surface area contributed by atoms with Crippen LogP contribution in [0.2, 0.25) is 0 Å². The summed E-state index contributed by atoms with van der Waals surface area (Å²) in [5, 5.41) is 0. The second kappa shape index (κ2) is 68.7. The molecule has 0 amide bonds. The molecule has 0 fully saturated rings. The van der Waals surface area contributed by atoms with E-state index in [4.69, 9.17) is 14.2 Å². The first-order chi connectivity index (χ1) is 41.0. The Bertz CT molecular complexity index is 1990. The van der Waals surface area contributed by atoms with Gasteiger partial charge in [-0.05, 0) is 161 Å². The molecule has 1 unspecified atom stereocenters. The normalized spacial score (nSPS) is 13.4. The van der Waals surface area contributed by atoms with Crippen LogP contribution >= 0.6 is 0 Å². The third-order valence-corrected chi connectivity index (χ3v) is 13.1. The highest BCUT2D eigenvalue weighted by atomic mass is 16.6. The van der Waals surface area contributed by atoms with Gasteiger partial charge in [-0.2, -0.15) is 0 Å². The zero-order chi connectivity index (χ0) is 59.9. The number of hydrogen-bond donors (Lipinski definition) is 0. The maximum Gasteiger partial charge on any atom is 0.306 e. The van der Waals surface area contributed by atoms with Gasteiger partial charge in [0.05, 0.1) is 0 Å². The summed E-state index contributed by atoms with van der Waals surface area (Å²) < 4.78 is 16.9. The highest BCUT2D eigenvalue weighted by Gasteiger charge is 2.19. The summed E-state index contributed by atoms with van der Waals surface area (Å²) in [4.78, 5) is 38.3. The average Bonchev–Trinajstić information content (AvgIpc) is 3.49. The lowest BCUT2D eigenvalue weighted by molar-refractivity contribution is -0.167. The molecule has 0 aliphatic carbocycles. The summed E-state index contributed by atoms with van der Waals surface area (Å²) in [7, 11) is 0. The van der Waals surface area contributed by atoms with E-state index in [0.29, 0.717) is 12.8 Å². The molecule has 0 spiro atoms. The van der Waals surface area contributed by atoms with Crippen LogP contribution in [-0.2, 0) is 28.6 Å². The number of esters is 3. The van der Waals surface area contributed by atoms with Crippen molar-refractivity contribution in [1.29, 1.82) is 0 Å². The zero-order valence-corrected chi connectivity index (χ0v) is 52.9. The molecule has 1 atom stereocenters. The summed E-state index contributed by atoms with van der Waals surface area (Å²) in [5.74, 6) is -0.988. The minimum atomic E-state index is -0.822. The highest BCUT2D eigenvalue weighted by Crippen LogP contribution is 2.13. The molecule has 0 bridgehead atoms. The van der Waals surface area contributed by atoms with Crippen LogP contribution in [0, 0.1) is 0 Å². The lowest BCUT2D eigenvalue weighted by Gasteiger charge is -2.18. The van der Waals surface area contributed by atoms with Gasteiger partial charge in [0.2, 0.25) is 0 Å². The van der Waals surface area contributed by atoms with Crippen LogP contribution in [0.3, 0.4) is 0 Å². The number of allylic oxidation sites excluding steroid dienone is 32. The Hall–Kier alpha value is -5.75. The number of carbonyl (C=O) groups excluding carboxylic acids is 3. The molecule has 0 saturated heterocycles. The number of unbranched alkanes of at least 4 members (excludes halogenated alkanes) is 14. The van der Waals surface area contributed by atoms with Gasteiger partial charge in [0.1, 0.15) is 13.2 Å². The van der Waals surface area contributed by atoms with Crippen LogP contribution in [0.1, 0.15) is 252 Å². The van der Waals surface area contributed by atoms with E-state index < -0.39 is 6.10 Å². The van der Waals surface area contributed by atoms with Crippen molar-refractivity contribution in [1.82, 2.24) is 0 Å². The largest absolute Gasteiger partial charge is 0.462 e. The van der Waals surface area contributed by atoms with Crippen LogP contribution in [0.5, 0.6) is 0 Å². The summed E-state index contributed by atoms with van der Waals surface area (Å²) in [6.45, 7) is 6.23. The van der Waals surface area contributed by atoms with E-state index >= 15 is 0 Å². The van der Waals surface area contributed by atoms with Crippen LogP contribution in [0.15, 0.2) is 194 Å². The van der Waals surface area contributed by atoms with Gasteiger partial charge in [-0.25, -0.2) is 0 Å². The van der Waals surface area contributed by atoms with Crippen LogP contribution < -0.4 is 0 Å². The Labute approximate surface area is 509 Å². The van der Waals surface area contributed by atoms with Gasteiger partial charge >= 0.3 is 17.9 Å². The molecule has 83 heavy (non-hydrogen) atoms. The smallest absolute Gasteiger partial charge is 0.306 e. The second-order valence-corrected chi connectivity index (χ2v) is 20.9. The van der Waals surface area contributed by atoms with Crippen LogP contribution in [-0.4, -0.2) is 37.2 Å². The van der Waals surface area contributed by atoms with Crippen molar-refractivity contribution in [3.8, 4) is 0 Å². The van der Waals surface area contributed by atoms with Gasteiger partial charge in [0.15, 0.2) is 6.10 Å². The quantitative estimate of drug-likeness (QED) is 0.0261. The first-order valence-corrected chi connectivity index (χ1v) is 32.9. The molecule has 0 N–H and O–H groups in total. The second-order valence-electron chi connectivity index (χ2n) is 20.9. The fraction of sp³-hybridized carbons (Fsp3) is 0.545. The first kappa shape index (κ1) is 77.2. The molecule has 0 heterocycles. The summed E-state index contributed by atoms with van der Waals surface area (Å²) >= 11 is 0. The van der Waals surface area contributed by atoms with Crippen LogP contribution in [0.25, 0.3) is 0 Å². The molecular weight excluding hydrogens is 1020 g/mol. The lowest BCUT2D eigenvalue weighted by atomic mass is 10.1. The van der Waals surface area contributed by atoms with E-state index in [1.807, 2.05) is 0 Å². The third-order valence-electron chi connectivity index (χ3n) is 13.1. The van der Waals surface area contributed by atoms with E-state index in [0.717, 1.165) is 193 Å². The SMILES string of the molecule is CC/C=C\C/C=C\C/C=C\C/C=C\C/C=C\C/C=C\C/C=C\CCCCCCCCCC(=O)OCC(COC(=O)CCCCC/C=C\C/C=C\C/C=C\CC)OC(=O)CCCCCC/C=C\C/C=C\C/C=C\C/C=C\C/C=C\C/C=C\CC. The van der Waals surface area contributed by atoms with Gasteiger partial charge in [0.25, 0.3) is 0 Å². The number of hydrogen-bond acceptors (Lipinski definition) is 6. The van der Waals surface area contributed by atoms with Crippen molar-refractivity contribution in [3.63, 3.8) is 0 Å². The molecule has 0 aromatic carbocycles. The fourth-order valence-electron chi connectivity index (χ4n) is 8.26. The standard InChI is InChI=1S/C77H118O6/c1-4-7-10-13-16-19-22-25-27-29-31-33-35-36-37-38-39-40-42-43-45-47-49-52-55-58-61-64-67-70-76(79)82-73-74(72-81-75(78)69-66-63-60-57-54-51-24-21-18-15-12-9-6-3)83-77(80)71-68-65-62-59-56-53-50-48-46-44-41-34-32-30-28-26-23-20-17-14-11-8-5-2/h7-12,16-21,25-28,31-34,36-37,39-40,43-46,50-51,53-54,74H,4-6,13-15,22-24,29-30,35,38,41-42,47-49,52,55-73H2,1-3H3/b10-7-,11-8-,12-9-,19-16-,20-17-,21-18-,27-25-,28-26-,33-31-,34-32-,37-36-,40-39-,45-43-,46-44-,53-50-,54-51-. The summed E-state index contributed by atoms with van der Waals surface area (Å²) in [6, 6.07) is 0. The number of carbonyl (C=O) groups is 3. The Morgan fingerprint density at radius 3 is 0.687 bits per heavy atom. The van der Waals surface area contributed by atoms with Gasteiger partial charge in [-0.3, -0.25) is 14.4 Å². The molecule has 0 radical (unpaired) electrons. The topological polar surface area (TPSA) is 78.9 Å². The van der Waals surface area contributed by atoms with E-state index in [1.54, 1.807) is 0 Å². The van der Waals surface area contributed by atoms with Gasteiger partial charge in [-0.15, -0.1) is 0 Å². The molecule has 0 aliphatic rings. The number of ether oxygens (including phenoxy) is 3. The highest BCUT2D eigenvalue weighted by molar-refractivity contribution is 5.71. The molecule has 6 heteroatoms. The van der Waals surface area contributed by atoms with E-state index in [-0.39, 0.29) is 37.5 Å². The third kappa shape index (κ3) is 66.9. The van der Waals surface area contributed by atoms with Crippen molar-refractivity contribution >= 4 is 17.9 Å². The lowest BCUT2D eigenvalue weighted by Crippen LogP contribution is -2.30. The Balaban J connectivity index is 4.45. The molecule has 0 saturated carbocycles. The Morgan fingerprint density at radius 2 is 0.434 bits per heavy atom. The van der Waals surface area contributed by atoms with Crippen molar-refractivity contribution in [2.45, 2.75) is 258 Å². The van der Waals surface area contributed by atoms with Gasteiger partial charge in [-0.1, -0.05) is 267 Å².